The van der Waals surface area contributed by atoms with Gasteiger partial charge in [-0.2, -0.15) is 0 Å². The van der Waals surface area contributed by atoms with Crippen molar-refractivity contribution in [3.63, 3.8) is 0 Å². The molecule has 0 spiro atoms. The zero-order chi connectivity index (χ0) is 12.7. The predicted molar refractivity (Wildman–Crippen MR) is 60.5 cm³/mol. The van der Waals surface area contributed by atoms with E-state index < -0.39 is 23.7 Å². The van der Waals surface area contributed by atoms with Crippen LogP contribution in [0.5, 0.6) is 0 Å². The Morgan fingerprint density at radius 2 is 1.88 bits per heavy atom. The molecule has 0 fully saturated rings. The molecule has 0 bridgehead atoms. The first kappa shape index (κ1) is 14.9. The molecule has 2 unspecified atom stereocenters. The highest BCUT2D eigenvalue weighted by atomic mass is 16.5. The Balaban J connectivity index is 4.80. The van der Waals surface area contributed by atoms with Gasteiger partial charge in [0, 0.05) is 5.92 Å². The SMILES string of the molecule is CCCC(C(N)=O)C(CC(C)C)C(=O)NO. The van der Waals surface area contributed by atoms with Crippen molar-refractivity contribution in [2.24, 2.45) is 23.5 Å². The minimum absolute atomic E-state index is 0.265. The van der Waals surface area contributed by atoms with Crippen molar-refractivity contribution in [1.82, 2.24) is 5.48 Å². The molecule has 2 amide bonds. The van der Waals surface area contributed by atoms with Gasteiger partial charge < -0.3 is 5.73 Å². The lowest BCUT2D eigenvalue weighted by Gasteiger charge is -2.24. The maximum Gasteiger partial charge on any atom is 0.247 e. The van der Waals surface area contributed by atoms with Crippen molar-refractivity contribution in [3.05, 3.63) is 0 Å². The van der Waals surface area contributed by atoms with Gasteiger partial charge in [0.2, 0.25) is 11.8 Å². The van der Waals surface area contributed by atoms with Crippen LogP contribution in [0.2, 0.25) is 0 Å². The molecule has 0 aliphatic heterocycles. The first-order valence-corrected chi connectivity index (χ1v) is 5.67. The maximum absolute atomic E-state index is 11.5. The Hall–Kier alpha value is -1.10. The molecule has 0 saturated carbocycles. The second kappa shape index (κ2) is 7.22. The molecule has 0 aromatic rings. The van der Waals surface area contributed by atoms with Gasteiger partial charge in [0.15, 0.2) is 0 Å². The summed E-state index contributed by atoms with van der Waals surface area (Å²) in [5.74, 6) is -1.77. The molecular weight excluding hydrogens is 208 g/mol. The lowest BCUT2D eigenvalue weighted by Crippen LogP contribution is -2.40. The molecular formula is C11H22N2O3. The predicted octanol–water partition coefficient (Wildman–Crippen LogP) is 1.06. The zero-order valence-corrected chi connectivity index (χ0v) is 10.2. The van der Waals surface area contributed by atoms with Crippen LogP contribution in [-0.2, 0) is 9.59 Å². The smallest absolute Gasteiger partial charge is 0.247 e. The average Bonchev–Trinajstić information content (AvgIpc) is 2.21. The third-order valence-corrected chi connectivity index (χ3v) is 2.62. The lowest BCUT2D eigenvalue weighted by atomic mass is 9.82. The number of rotatable bonds is 7. The largest absolute Gasteiger partial charge is 0.369 e. The molecule has 5 nitrogen and oxygen atoms in total. The molecule has 0 aromatic heterocycles. The fourth-order valence-corrected chi connectivity index (χ4v) is 1.90. The number of hydrogen-bond donors (Lipinski definition) is 3. The highest BCUT2D eigenvalue weighted by molar-refractivity contribution is 5.86. The number of amides is 2. The van der Waals surface area contributed by atoms with Crippen molar-refractivity contribution in [1.29, 1.82) is 0 Å². The van der Waals surface area contributed by atoms with Crippen LogP contribution in [0.25, 0.3) is 0 Å². The van der Waals surface area contributed by atoms with E-state index in [4.69, 9.17) is 10.9 Å². The number of primary amides is 1. The molecule has 2 atom stereocenters. The molecule has 16 heavy (non-hydrogen) atoms. The van der Waals surface area contributed by atoms with E-state index in [0.717, 1.165) is 6.42 Å². The van der Waals surface area contributed by atoms with E-state index in [1.807, 2.05) is 20.8 Å². The summed E-state index contributed by atoms with van der Waals surface area (Å²) in [6.07, 6.45) is 1.89. The third-order valence-electron chi connectivity index (χ3n) is 2.62. The van der Waals surface area contributed by atoms with Crippen molar-refractivity contribution < 1.29 is 14.8 Å². The number of hydrogen-bond acceptors (Lipinski definition) is 3. The maximum atomic E-state index is 11.5. The van der Waals surface area contributed by atoms with E-state index in [2.05, 4.69) is 0 Å². The van der Waals surface area contributed by atoms with Gasteiger partial charge >= 0.3 is 0 Å². The Bertz CT molecular complexity index is 241. The van der Waals surface area contributed by atoms with Crippen LogP contribution in [0, 0.1) is 17.8 Å². The summed E-state index contributed by atoms with van der Waals surface area (Å²) < 4.78 is 0. The molecule has 0 aliphatic carbocycles. The lowest BCUT2D eigenvalue weighted by molar-refractivity contribution is -0.140. The average molecular weight is 230 g/mol. The van der Waals surface area contributed by atoms with Gasteiger partial charge in [-0.25, -0.2) is 5.48 Å². The summed E-state index contributed by atoms with van der Waals surface area (Å²) >= 11 is 0. The van der Waals surface area contributed by atoms with Crippen LogP contribution in [0.15, 0.2) is 0 Å². The van der Waals surface area contributed by atoms with Crippen molar-refractivity contribution in [2.75, 3.05) is 0 Å². The number of nitrogens with one attached hydrogen (secondary N) is 1. The van der Waals surface area contributed by atoms with Gasteiger partial charge in [-0.15, -0.1) is 0 Å². The molecule has 0 heterocycles. The summed E-state index contributed by atoms with van der Waals surface area (Å²) in [5, 5.41) is 8.67. The van der Waals surface area contributed by atoms with Crippen LogP contribution >= 0.6 is 0 Å². The first-order valence-electron chi connectivity index (χ1n) is 5.67. The fourth-order valence-electron chi connectivity index (χ4n) is 1.90. The minimum Gasteiger partial charge on any atom is -0.369 e. The van der Waals surface area contributed by atoms with Crippen LogP contribution in [0.4, 0.5) is 0 Å². The van der Waals surface area contributed by atoms with Crippen LogP contribution < -0.4 is 11.2 Å². The number of carbonyl (C=O) groups excluding carboxylic acids is 2. The van der Waals surface area contributed by atoms with Gasteiger partial charge in [-0.05, 0) is 18.8 Å². The summed E-state index contributed by atoms with van der Waals surface area (Å²) in [6.45, 7) is 5.85. The first-order chi connectivity index (χ1) is 7.43. The Morgan fingerprint density at radius 1 is 1.31 bits per heavy atom. The summed E-state index contributed by atoms with van der Waals surface area (Å²) in [5.41, 5.74) is 6.91. The Labute approximate surface area is 96.3 Å². The van der Waals surface area contributed by atoms with E-state index in [0.29, 0.717) is 12.8 Å². The van der Waals surface area contributed by atoms with Gasteiger partial charge in [0.25, 0.3) is 0 Å². The second-order valence-electron chi connectivity index (χ2n) is 4.51. The van der Waals surface area contributed by atoms with Crippen molar-refractivity contribution >= 4 is 11.8 Å². The Kier molecular flexibility index (Phi) is 6.72. The standard InChI is InChI=1S/C11H22N2O3/c1-4-5-8(10(12)14)9(6-7(2)3)11(15)13-16/h7-9,16H,4-6H2,1-3H3,(H2,12,14)(H,13,15). The van der Waals surface area contributed by atoms with Crippen LogP contribution in [-0.4, -0.2) is 17.0 Å². The molecule has 0 aromatic carbocycles. The number of hydroxylamine groups is 1. The van der Waals surface area contributed by atoms with Gasteiger partial charge in [-0.1, -0.05) is 27.2 Å². The monoisotopic (exact) mass is 230 g/mol. The highest BCUT2D eigenvalue weighted by Gasteiger charge is 2.31. The zero-order valence-electron chi connectivity index (χ0n) is 10.2. The fraction of sp³-hybridized carbons (Fsp3) is 0.818. The third kappa shape index (κ3) is 4.61. The van der Waals surface area contributed by atoms with E-state index in [1.165, 1.54) is 0 Å². The molecule has 0 radical (unpaired) electrons. The normalized spacial score (nSPS) is 14.6. The molecule has 5 heteroatoms. The quantitative estimate of drug-likeness (QED) is 0.451. The Morgan fingerprint density at radius 3 is 2.19 bits per heavy atom. The summed E-state index contributed by atoms with van der Waals surface area (Å²) in [6, 6.07) is 0. The van der Waals surface area contributed by atoms with Crippen molar-refractivity contribution in [2.45, 2.75) is 40.0 Å². The number of carbonyl (C=O) groups is 2. The van der Waals surface area contributed by atoms with Crippen LogP contribution in [0.1, 0.15) is 40.0 Å². The topological polar surface area (TPSA) is 92.4 Å². The van der Waals surface area contributed by atoms with E-state index in [-0.39, 0.29) is 5.92 Å². The van der Waals surface area contributed by atoms with Crippen molar-refractivity contribution in [3.8, 4) is 0 Å². The summed E-state index contributed by atoms with van der Waals surface area (Å²) in [4.78, 5) is 22.8. The number of nitrogens with two attached hydrogens (primary N) is 1. The van der Waals surface area contributed by atoms with E-state index in [9.17, 15) is 9.59 Å². The van der Waals surface area contributed by atoms with Crippen LogP contribution in [0.3, 0.4) is 0 Å². The minimum atomic E-state index is -0.539. The highest BCUT2D eigenvalue weighted by Crippen LogP contribution is 2.24. The van der Waals surface area contributed by atoms with E-state index >= 15 is 0 Å². The molecule has 94 valence electrons. The second-order valence-corrected chi connectivity index (χ2v) is 4.51. The molecule has 4 N–H and O–H groups in total. The van der Waals surface area contributed by atoms with Gasteiger partial charge in [0.05, 0.1) is 5.92 Å². The van der Waals surface area contributed by atoms with E-state index in [1.54, 1.807) is 5.48 Å². The molecule has 0 aliphatic rings. The molecule has 0 saturated heterocycles. The molecule has 0 rings (SSSR count). The van der Waals surface area contributed by atoms with Gasteiger partial charge in [0.1, 0.15) is 0 Å². The van der Waals surface area contributed by atoms with Gasteiger partial charge in [-0.3, -0.25) is 14.8 Å². The summed E-state index contributed by atoms with van der Waals surface area (Å²) in [7, 11) is 0.